The fraction of sp³-hybridized carbons (Fsp3) is 0.211. The highest BCUT2D eigenvalue weighted by Crippen LogP contribution is 2.11. The van der Waals surface area contributed by atoms with Crippen LogP contribution in [-0.2, 0) is 27.4 Å². The standard InChI is InChI=1S/C19H20N2O6/c22-15-8-6-13(7-9-15)10-16(18(25)20-11-17(23)24)21-19(26)27-12-14-4-2-1-3-5-14/h1-9,16,22H,10-12H2,(H,20,25)(H,21,26)(H,23,24)/t16-/m1/s1. The second-order valence-electron chi connectivity index (χ2n) is 5.74. The summed E-state index contributed by atoms with van der Waals surface area (Å²) in [6, 6.07) is 14.1. The van der Waals surface area contributed by atoms with Crippen LogP contribution in [0.1, 0.15) is 11.1 Å². The molecule has 0 radical (unpaired) electrons. The number of aliphatic carboxylic acids is 1. The molecule has 0 aliphatic carbocycles. The highest BCUT2D eigenvalue weighted by molar-refractivity contribution is 5.88. The molecule has 0 saturated carbocycles. The van der Waals surface area contributed by atoms with E-state index in [9.17, 15) is 19.5 Å². The zero-order valence-electron chi connectivity index (χ0n) is 14.4. The number of ether oxygens (including phenoxy) is 1. The van der Waals surface area contributed by atoms with Gasteiger partial charge in [0.15, 0.2) is 0 Å². The van der Waals surface area contributed by atoms with Crippen molar-refractivity contribution in [2.24, 2.45) is 0 Å². The van der Waals surface area contributed by atoms with Crippen molar-refractivity contribution in [1.82, 2.24) is 10.6 Å². The van der Waals surface area contributed by atoms with Crippen molar-refractivity contribution in [1.29, 1.82) is 0 Å². The first-order valence-electron chi connectivity index (χ1n) is 8.18. The van der Waals surface area contributed by atoms with Crippen molar-refractivity contribution in [3.05, 3.63) is 65.7 Å². The number of phenols is 1. The van der Waals surface area contributed by atoms with Crippen LogP contribution < -0.4 is 10.6 Å². The van der Waals surface area contributed by atoms with Crippen LogP contribution >= 0.6 is 0 Å². The Bertz CT molecular complexity index is 777. The molecule has 2 aromatic rings. The van der Waals surface area contributed by atoms with Crippen molar-refractivity contribution in [2.75, 3.05) is 6.54 Å². The molecule has 8 heteroatoms. The number of benzene rings is 2. The average Bonchev–Trinajstić information content (AvgIpc) is 2.66. The average molecular weight is 372 g/mol. The van der Waals surface area contributed by atoms with Gasteiger partial charge >= 0.3 is 12.1 Å². The van der Waals surface area contributed by atoms with Gasteiger partial charge in [0.25, 0.3) is 0 Å². The minimum atomic E-state index is -1.20. The van der Waals surface area contributed by atoms with Crippen LogP contribution in [-0.4, -0.2) is 40.8 Å². The van der Waals surface area contributed by atoms with Crippen LogP contribution in [0.3, 0.4) is 0 Å². The molecule has 0 aliphatic heterocycles. The Hall–Kier alpha value is -3.55. The summed E-state index contributed by atoms with van der Waals surface area (Å²) in [7, 11) is 0. The molecule has 2 aromatic carbocycles. The summed E-state index contributed by atoms with van der Waals surface area (Å²) >= 11 is 0. The fourth-order valence-corrected chi connectivity index (χ4v) is 2.27. The van der Waals surface area contributed by atoms with Crippen LogP contribution in [0.5, 0.6) is 5.75 Å². The van der Waals surface area contributed by atoms with E-state index in [1.807, 2.05) is 18.2 Å². The number of alkyl carbamates (subject to hydrolysis) is 1. The maximum absolute atomic E-state index is 12.2. The summed E-state index contributed by atoms with van der Waals surface area (Å²) in [5, 5.41) is 22.7. The van der Waals surface area contributed by atoms with Crippen LogP contribution in [0.2, 0.25) is 0 Å². The Morgan fingerprint density at radius 1 is 0.963 bits per heavy atom. The van der Waals surface area contributed by atoms with E-state index in [4.69, 9.17) is 9.84 Å². The number of phenolic OH excluding ortho intramolecular Hbond substituents is 1. The molecular weight excluding hydrogens is 352 g/mol. The SMILES string of the molecule is O=C(O)CNC(=O)[C@@H](Cc1ccc(O)cc1)NC(=O)OCc1ccccc1. The van der Waals surface area contributed by atoms with E-state index in [2.05, 4.69) is 10.6 Å². The Labute approximate surface area is 155 Å². The quantitative estimate of drug-likeness (QED) is 0.556. The lowest BCUT2D eigenvalue weighted by molar-refractivity contribution is -0.138. The number of hydrogen-bond donors (Lipinski definition) is 4. The number of aromatic hydroxyl groups is 1. The molecular formula is C19H20N2O6. The minimum absolute atomic E-state index is 0.0371. The second-order valence-corrected chi connectivity index (χ2v) is 5.74. The molecule has 4 N–H and O–H groups in total. The predicted molar refractivity (Wildman–Crippen MR) is 96.0 cm³/mol. The summed E-state index contributed by atoms with van der Waals surface area (Å²) in [6.45, 7) is -0.527. The summed E-state index contributed by atoms with van der Waals surface area (Å²) in [4.78, 5) is 34.9. The lowest BCUT2D eigenvalue weighted by Gasteiger charge is -2.18. The number of hydrogen-bond acceptors (Lipinski definition) is 5. The van der Waals surface area contributed by atoms with E-state index >= 15 is 0 Å². The predicted octanol–water partition coefficient (Wildman–Crippen LogP) is 1.43. The molecule has 2 amide bonds. The van der Waals surface area contributed by atoms with Crippen molar-refractivity contribution in [3.8, 4) is 5.75 Å². The van der Waals surface area contributed by atoms with Crippen LogP contribution in [0.15, 0.2) is 54.6 Å². The van der Waals surface area contributed by atoms with Crippen molar-refractivity contribution >= 4 is 18.0 Å². The van der Waals surface area contributed by atoms with Gasteiger partial charge in [-0.2, -0.15) is 0 Å². The van der Waals surface area contributed by atoms with E-state index in [-0.39, 0.29) is 18.8 Å². The number of carbonyl (C=O) groups excluding carboxylic acids is 2. The van der Waals surface area contributed by atoms with Crippen LogP contribution in [0.25, 0.3) is 0 Å². The number of rotatable bonds is 8. The van der Waals surface area contributed by atoms with Gasteiger partial charge in [0.05, 0.1) is 0 Å². The van der Waals surface area contributed by atoms with Crippen LogP contribution in [0, 0.1) is 0 Å². The molecule has 0 aromatic heterocycles. The van der Waals surface area contributed by atoms with Gasteiger partial charge in [0, 0.05) is 6.42 Å². The van der Waals surface area contributed by atoms with Gasteiger partial charge in [-0.15, -0.1) is 0 Å². The highest BCUT2D eigenvalue weighted by atomic mass is 16.5. The molecule has 1 atom stereocenters. The lowest BCUT2D eigenvalue weighted by atomic mass is 10.1. The van der Waals surface area contributed by atoms with Gasteiger partial charge in [-0.3, -0.25) is 9.59 Å². The zero-order valence-corrected chi connectivity index (χ0v) is 14.4. The van der Waals surface area contributed by atoms with Gasteiger partial charge in [-0.1, -0.05) is 42.5 Å². The molecule has 27 heavy (non-hydrogen) atoms. The molecule has 0 spiro atoms. The van der Waals surface area contributed by atoms with Gasteiger partial charge in [0.2, 0.25) is 5.91 Å². The van der Waals surface area contributed by atoms with E-state index in [1.165, 1.54) is 12.1 Å². The van der Waals surface area contributed by atoms with E-state index < -0.39 is 30.6 Å². The zero-order chi connectivity index (χ0) is 19.6. The smallest absolute Gasteiger partial charge is 0.408 e. The Kier molecular flexibility index (Phi) is 7.18. The van der Waals surface area contributed by atoms with Crippen molar-refractivity contribution in [3.63, 3.8) is 0 Å². The monoisotopic (exact) mass is 372 g/mol. The fourth-order valence-electron chi connectivity index (χ4n) is 2.27. The third-order valence-corrected chi connectivity index (χ3v) is 3.61. The maximum Gasteiger partial charge on any atom is 0.408 e. The molecule has 0 aliphatic rings. The lowest BCUT2D eigenvalue weighted by Crippen LogP contribution is -2.49. The van der Waals surface area contributed by atoms with Gasteiger partial charge < -0.3 is 25.6 Å². The maximum atomic E-state index is 12.2. The number of carbonyl (C=O) groups is 3. The van der Waals surface area contributed by atoms with Crippen molar-refractivity contribution < 1.29 is 29.3 Å². The minimum Gasteiger partial charge on any atom is -0.508 e. The number of nitrogens with one attached hydrogen (secondary N) is 2. The first kappa shape index (κ1) is 19.8. The first-order chi connectivity index (χ1) is 12.9. The molecule has 0 unspecified atom stereocenters. The van der Waals surface area contributed by atoms with Crippen LogP contribution in [0.4, 0.5) is 4.79 Å². The van der Waals surface area contributed by atoms with Gasteiger partial charge in [0.1, 0.15) is 24.9 Å². The molecule has 0 saturated heterocycles. The summed E-state index contributed by atoms with van der Waals surface area (Å²) in [6.07, 6.45) is -0.695. The molecule has 8 nitrogen and oxygen atoms in total. The molecule has 0 bridgehead atoms. The molecule has 2 rings (SSSR count). The van der Waals surface area contributed by atoms with Gasteiger partial charge in [-0.05, 0) is 23.3 Å². The van der Waals surface area contributed by atoms with Gasteiger partial charge in [-0.25, -0.2) is 4.79 Å². The number of carboxylic acids is 1. The molecule has 142 valence electrons. The number of amides is 2. The molecule has 0 fully saturated rings. The van der Waals surface area contributed by atoms with Crippen molar-refractivity contribution in [2.45, 2.75) is 19.1 Å². The summed E-state index contributed by atoms with van der Waals surface area (Å²) in [5.41, 5.74) is 1.46. The summed E-state index contributed by atoms with van der Waals surface area (Å²) in [5.74, 6) is -1.78. The van der Waals surface area contributed by atoms with E-state index in [0.717, 1.165) is 5.56 Å². The summed E-state index contributed by atoms with van der Waals surface area (Å²) < 4.78 is 5.10. The van der Waals surface area contributed by atoms with E-state index in [0.29, 0.717) is 5.56 Å². The normalized spacial score (nSPS) is 11.3. The molecule has 0 heterocycles. The Morgan fingerprint density at radius 2 is 1.63 bits per heavy atom. The first-order valence-corrected chi connectivity index (χ1v) is 8.18. The highest BCUT2D eigenvalue weighted by Gasteiger charge is 2.22. The Morgan fingerprint density at radius 3 is 2.26 bits per heavy atom. The third kappa shape index (κ3) is 7.07. The van der Waals surface area contributed by atoms with E-state index in [1.54, 1.807) is 24.3 Å². The Balaban J connectivity index is 1.99. The topological polar surface area (TPSA) is 125 Å². The third-order valence-electron chi connectivity index (χ3n) is 3.61. The number of carboxylic acid groups (broad SMARTS) is 1. The largest absolute Gasteiger partial charge is 0.508 e. The second kappa shape index (κ2) is 9.81.